The molecule has 53 heavy (non-hydrogen) atoms. The summed E-state index contributed by atoms with van der Waals surface area (Å²) in [7, 11) is 0. The fraction of sp³-hybridized carbons (Fsp3) is 0.0588. The highest BCUT2D eigenvalue weighted by Crippen LogP contribution is 2.27. The Morgan fingerprint density at radius 3 is 1.55 bits per heavy atom. The van der Waals surface area contributed by atoms with Crippen LogP contribution in [0.15, 0.2) is 101 Å². The molecule has 0 unspecified atom stereocenters. The van der Waals surface area contributed by atoms with E-state index in [-0.39, 0.29) is 58.5 Å². The van der Waals surface area contributed by atoms with E-state index in [9.17, 15) is 26.3 Å². The zero-order valence-electron chi connectivity index (χ0n) is 26.5. The molecule has 6 heterocycles. The number of benzene rings is 2. The van der Waals surface area contributed by atoms with Crippen molar-refractivity contribution in [2.45, 2.75) is 13.1 Å². The lowest BCUT2D eigenvalue weighted by molar-refractivity contribution is 0.491. The minimum Gasteiger partial charge on any atom is -0.443 e. The standard InChI is InChI=1S/C17H9ClF3N5O.C17H10F3N5O/c18-15-11(20)7-23-16(24-15)12-6-13(17-22-4-5-27-17)26(25-12)8-9-2-1-3-10(19)14(9)21;18-11-7-22-16(23-8-11)13-6-14(17-21-4-5-26-17)25(24-13)9-10-2-1-3-12(19)15(10)20/h1-7H,8H2;1-8H,9H2. The van der Waals surface area contributed by atoms with Gasteiger partial charge in [0.1, 0.15) is 35.3 Å². The molecule has 0 atom stereocenters. The number of rotatable bonds is 8. The number of hydrogen-bond acceptors (Lipinski definition) is 10. The minimum absolute atomic E-state index is 0.0627. The first kappa shape index (κ1) is 34.7. The fourth-order valence-electron chi connectivity index (χ4n) is 4.92. The maximum absolute atomic E-state index is 14.0. The maximum Gasteiger partial charge on any atom is 0.244 e. The second-order valence-electron chi connectivity index (χ2n) is 10.8. The van der Waals surface area contributed by atoms with Crippen LogP contribution >= 0.6 is 11.6 Å². The number of hydrogen-bond donors (Lipinski definition) is 0. The average molecular weight is 749 g/mol. The molecule has 0 N–H and O–H groups in total. The summed E-state index contributed by atoms with van der Waals surface area (Å²) in [6.45, 7) is -0.168. The number of nitrogens with zero attached hydrogens (tertiary/aromatic N) is 10. The maximum atomic E-state index is 14.0. The van der Waals surface area contributed by atoms with Crippen LogP contribution < -0.4 is 0 Å². The molecule has 0 radical (unpaired) electrons. The van der Waals surface area contributed by atoms with Gasteiger partial charge in [-0.05, 0) is 12.1 Å². The first-order valence-electron chi connectivity index (χ1n) is 15.1. The van der Waals surface area contributed by atoms with Crippen LogP contribution in [0.5, 0.6) is 0 Å². The first-order valence-corrected chi connectivity index (χ1v) is 15.5. The van der Waals surface area contributed by atoms with Gasteiger partial charge in [0, 0.05) is 23.3 Å². The van der Waals surface area contributed by atoms with Crippen molar-refractivity contribution in [2.75, 3.05) is 0 Å². The molecule has 8 aromatic rings. The normalized spacial score (nSPS) is 11.1. The van der Waals surface area contributed by atoms with E-state index in [2.05, 4.69) is 40.1 Å². The molecule has 0 spiro atoms. The predicted molar refractivity (Wildman–Crippen MR) is 173 cm³/mol. The molecule has 12 nitrogen and oxygen atoms in total. The molecule has 19 heteroatoms. The van der Waals surface area contributed by atoms with E-state index in [1.807, 2.05) is 0 Å². The highest BCUT2D eigenvalue weighted by molar-refractivity contribution is 6.29. The van der Waals surface area contributed by atoms with E-state index >= 15 is 0 Å². The SMILES string of the molecule is Fc1cnc(-c2cc(-c3ncco3)n(Cc3cccc(F)c3F)n2)nc1.Fc1cnc(-c2cc(-c3ncco3)n(Cc3cccc(F)c3F)n2)nc1Cl. The molecule has 266 valence electrons. The lowest BCUT2D eigenvalue weighted by Gasteiger charge is -2.07. The van der Waals surface area contributed by atoms with Gasteiger partial charge in [0.2, 0.25) is 11.8 Å². The van der Waals surface area contributed by atoms with Gasteiger partial charge in [-0.15, -0.1) is 0 Å². The van der Waals surface area contributed by atoms with Gasteiger partial charge >= 0.3 is 0 Å². The summed E-state index contributed by atoms with van der Waals surface area (Å²) in [6, 6.07) is 10.9. The smallest absolute Gasteiger partial charge is 0.244 e. The van der Waals surface area contributed by atoms with Crippen LogP contribution in [0.2, 0.25) is 5.15 Å². The van der Waals surface area contributed by atoms with Crippen LogP contribution in [0.25, 0.3) is 46.2 Å². The van der Waals surface area contributed by atoms with E-state index in [0.717, 1.165) is 30.7 Å². The third-order valence-corrected chi connectivity index (χ3v) is 7.61. The van der Waals surface area contributed by atoms with Crippen molar-refractivity contribution in [3.8, 4) is 46.2 Å². The third kappa shape index (κ3) is 7.52. The summed E-state index contributed by atoms with van der Waals surface area (Å²) in [4.78, 5) is 23.5. The monoisotopic (exact) mass is 748 g/mol. The van der Waals surface area contributed by atoms with Crippen LogP contribution in [-0.4, -0.2) is 49.5 Å². The summed E-state index contributed by atoms with van der Waals surface area (Å²) in [5, 5.41) is 8.25. The highest BCUT2D eigenvalue weighted by atomic mass is 35.5. The van der Waals surface area contributed by atoms with Gasteiger partial charge < -0.3 is 8.83 Å². The summed E-state index contributed by atoms with van der Waals surface area (Å²) in [5.41, 5.74) is 1.53. The van der Waals surface area contributed by atoms with Crippen molar-refractivity contribution in [1.29, 1.82) is 0 Å². The van der Waals surface area contributed by atoms with Crippen LogP contribution in [0.4, 0.5) is 26.3 Å². The van der Waals surface area contributed by atoms with E-state index in [1.165, 1.54) is 64.6 Å². The fourth-order valence-corrected chi connectivity index (χ4v) is 5.04. The molecular formula is C34H19ClF6N10O2. The second-order valence-corrected chi connectivity index (χ2v) is 11.2. The van der Waals surface area contributed by atoms with E-state index < -0.39 is 34.9 Å². The van der Waals surface area contributed by atoms with Crippen molar-refractivity contribution in [3.05, 3.63) is 143 Å². The number of halogens is 7. The topological polar surface area (TPSA) is 139 Å². The molecule has 0 bridgehead atoms. The quantitative estimate of drug-likeness (QED) is 0.113. The molecule has 0 aliphatic heterocycles. The van der Waals surface area contributed by atoms with Crippen molar-refractivity contribution >= 4 is 11.6 Å². The molecule has 0 saturated carbocycles. The Kier molecular flexibility index (Phi) is 9.76. The van der Waals surface area contributed by atoms with Crippen LogP contribution in [0.3, 0.4) is 0 Å². The summed E-state index contributed by atoms with van der Waals surface area (Å²) < 4.78 is 94.7. The van der Waals surface area contributed by atoms with Gasteiger partial charge in [0.05, 0.1) is 44.1 Å². The van der Waals surface area contributed by atoms with Gasteiger partial charge in [-0.3, -0.25) is 9.36 Å². The van der Waals surface area contributed by atoms with Crippen molar-refractivity contribution in [3.63, 3.8) is 0 Å². The largest absolute Gasteiger partial charge is 0.443 e. The Hall–Kier alpha value is -6.69. The molecule has 0 amide bonds. The second kappa shape index (κ2) is 14.9. The zero-order chi connectivity index (χ0) is 37.1. The van der Waals surface area contributed by atoms with Gasteiger partial charge in [0.15, 0.2) is 51.7 Å². The van der Waals surface area contributed by atoms with Crippen molar-refractivity contribution in [2.24, 2.45) is 0 Å². The third-order valence-electron chi connectivity index (χ3n) is 7.35. The van der Waals surface area contributed by atoms with Gasteiger partial charge in [-0.1, -0.05) is 35.9 Å². The molecule has 0 aliphatic rings. The summed E-state index contributed by atoms with van der Waals surface area (Å²) in [6.07, 6.45) is 8.56. The van der Waals surface area contributed by atoms with Gasteiger partial charge in [-0.2, -0.15) is 10.2 Å². The lowest BCUT2D eigenvalue weighted by Crippen LogP contribution is -2.07. The lowest BCUT2D eigenvalue weighted by atomic mass is 10.2. The van der Waals surface area contributed by atoms with Gasteiger partial charge in [0.25, 0.3) is 0 Å². The Morgan fingerprint density at radius 2 is 1.08 bits per heavy atom. The first-order chi connectivity index (χ1) is 25.6. The van der Waals surface area contributed by atoms with E-state index in [4.69, 9.17) is 20.4 Å². The van der Waals surface area contributed by atoms with Crippen molar-refractivity contribution < 1.29 is 35.2 Å². The average Bonchev–Trinajstić information content (AvgIpc) is 3.99. The number of aromatic nitrogens is 10. The number of oxazole rings is 2. The Morgan fingerprint density at radius 1 is 0.585 bits per heavy atom. The molecule has 0 saturated heterocycles. The molecule has 6 aromatic heterocycles. The summed E-state index contributed by atoms with van der Waals surface area (Å²) in [5.74, 6) is -4.51. The van der Waals surface area contributed by atoms with Crippen molar-refractivity contribution in [1.82, 2.24) is 49.5 Å². The molecular weight excluding hydrogens is 730 g/mol. The Bertz CT molecular complexity index is 2510. The van der Waals surface area contributed by atoms with Gasteiger partial charge in [-0.25, -0.2) is 56.2 Å². The molecule has 0 aliphatic carbocycles. The molecule has 2 aromatic carbocycles. The van der Waals surface area contributed by atoms with E-state index in [0.29, 0.717) is 17.1 Å². The van der Waals surface area contributed by atoms with Crippen LogP contribution in [-0.2, 0) is 13.1 Å². The highest BCUT2D eigenvalue weighted by Gasteiger charge is 2.21. The Balaban J connectivity index is 0.000000164. The van der Waals surface area contributed by atoms with Crippen LogP contribution in [0.1, 0.15) is 11.1 Å². The minimum atomic E-state index is -0.978. The molecule has 8 rings (SSSR count). The molecule has 0 fully saturated rings. The van der Waals surface area contributed by atoms with E-state index in [1.54, 1.807) is 6.07 Å². The predicted octanol–water partition coefficient (Wildman–Crippen LogP) is 7.57. The Labute approximate surface area is 298 Å². The van der Waals surface area contributed by atoms with Crippen LogP contribution in [0, 0.1) is 34.9 Å². The zero-order valence-corrected chi connectivity index (χ0v) is 27.3. The summed E-state index contributed by atoms with van der Waals surface area (Å²) >= 11 is 5.70.